The number of amidine groups is 2. The molecule has 0 aliphatic carbocycles. The summed E-state index contributed by atoms with van der Waals surface area (Å²) >= 11 is 0. The molecule has 0 saturated heterocycles. The summed E-state index contributed by atoms with van der Waals surface area (Å²) in [6.45, 7) is 0. The zero-order valence-corrected chi connectivity index (χ0v) is 21.0. The van der Waals surface area contributed by atoms with E-state index in [0.29, 0.717) is 5.84 Å². The number of hydrogen-bond donors (Lipinski definition) is 2. The van der Waals surface area contributed by atoms with Gasteiger partial charge in [0.05, 0.1) is 11.0 Å². The minimum absolute atomic E-state index is 0.127. The molecule has 7 rings (SSSR count). The number of fused-ring (bicyclic) bond motifs is 6. The van der Waals surface area contributed by atoms with Gasteiger partial charge in [-0.2, -0.15) is 0 Å². The molecule has 0 spiro atoms. The van der Waals surface area contributed by atoms with Crippen molar-refractivity contribution in [3.8, 4) is 17.2 Å². The molecular formula is C34H24N4O. The van der Waals surface area contributed by atoms with Crippen LogP contribution < -0.4 is 10.5 Å². The van der Waals surface area contributed by atoms with Crippen LogP contribution in [0.15, 0.2) is 120 Å². The Morgan fingerprint density at radius 1 is 0.692 bits per heavy atom. The van der Waals surface area contributed by atoms with Crippen LogP contribution >= 0.6 is 0 Å². The van der Waals surface area contributed by atoms with E-state index in [1.54, 1.807) is 0 Å². The Bertz CT molecular complexity index is 1960. The maximum Gasteiger partial charge on any atom is 0.154 e. The summed E-state index contributed by atoms with van der Waals surface area (Å²) in [4.78, 5) is 4.41. The van der Waals surface area contributed by atoms with E-state index < -0.39 is 0 Å². The Morgan fingerprint density at radius 2 is 1.46 bits per heavy atom. The molecule has 0 unspecified atom stereocenters. The van der Waals surface area contributed by atoms with Crippen LogP contribution in [0.4, 0.5) is 0 Å². The molecule has 0 amide bonds. The van der Waals surface area contributed by atoms with E-state index in [1.807, 2.05) is 66.7 Å². The Hall–Kier alpha value is -5.42. The van der Waals surface area contributed by atoms with E-state index in [1.165, 1.54) is 0 Å². The Balaban J connectivity index is 1.42. The van der Waals surface area contributed by atoms with Crippen molar-refractivity contribution in [1.82, 2.24) is 4.57 Å². The van der Waals surface area contributed by atoms with Gasteiger partial charge >= 0.3 is 0 Å². The molecule has 5 aromatic carbocycles. The summed E-state index contributed by atoms with van der Waals surface area (Å²) in [5.41, 5.74) is 13.0. The first-order chi connectivity index (χ1) is 19.2. The standard InChI is InChI=1S/C34H24N4O/c35-33(23-10-2-1-3-11-23)37-34(36)24-12-8-13-25(21-24)38-29-15-6-5-14-26(29)27-19-20-31-28(32(27)38)18-17-22-9-4-7-16-30(22)39-31/h1-21H,(H3,35,36,37). The van der Waals surface area contributed by atoms with Crippen LogP contribution in [0, 0.1) is 5.41 Å². The zero-order chi connectivity index (χ0) is 26.3. The van der Waals surface area contributed by atoms with E-state index in [9.17, 15) is 0 Å². The summed E-state index contributed by atoms with van der Waals surface area (Å²) < 4.78 is 8.66. The first-order valence-electron chi connectivity index (χ1n) is 12.8. The van der Waals surface area contributed by atoms with Crippen LogP contribution in [0.1, 0.15) is 22.3 Å². The largest absolute Gasteiger partial charge is 0.456 e. The van der Waals surface area contributed by atoms with Crippen molar-refractivity contribution in [3.63, 3.8) is 0 Å². The molecule has 6 aromatic rings. The maximum atomic E-state index is 8.40. The van der Waals surface area contributed by atoms with Gasteiger partial charge in [-0.3, -0.25) is 5.41 Å². The van der Waals surface area contributed by atoms with Gasteiger partial charge in [0.2, 0.25) is 0 Å². The monoisotopic (exact) mass is 504 g/mol. The lowest BCUT2D eigenvalue weighted by atomic mass is 10.1. The summed E-state index contributed by atoms with van der Waals surface area (Å²) in [6, 6.07) is 38.0. The molecule has 1 aliphatic heterocycles. The van der Waals surface area contributed by atoms with Crippen molar-refractivity contribution < 1.29 is 4.74 Å². The number of nitrogens with zero attached hydrogens (tertiary/aromatic N) is 2. The summed E-state index contributed by atoms with van der Waals surface area (Å²) in [5, 5.41) is 10.7. The third-order valence-electron chi connectivity index (χ3n) is 7.08. The molecule has 1 aromatic heterocycles. The maximum absolute atomic E-state index is 8.40. The van der Waals surface area contributed by atoms with E-state index >= 15 is 0 Å². The van der Waals surface area contributed by atoms with Crippen molar-refractivity contribution in [2.75, 3.05) is 0 Å². The Labute approximate surface area is 225 Å². The second-order valence-corrected chi connectivity index (χ2v) is 9.46. The average molecular weight is 505 g/mol. The van der Waals surface area contributed by atoms with E-state index in [0.717, 1.165) is 61.2 Å². The van der Waals surface area contributed by atoms with Crippen molar-refractivity contribution in [3.05, 3.63) is 138 Å². The molecular weight excluding hydrogens is 480 g/mol. The van der Waals surface area contributed by atoms with Crippen molar-refractivity contribution in [2.45, 2.75) is 0 Å². The fraction of sp³-hybridized carbons (Fsp3) is 0. The lowest BCUT2D eigenvalue weighted by molar-refractivity contribution is 0.482. The molecule has 0 radical (unpaired) electrons. The quantitative estimate of drug-likeness (QED) is 0.190. The summed E-state index contributed by atoms with van der Waals surface area (Å²) in [6.07, 6.45) is 4.25. The topological polar surface area (TPSA) is 76.4 Å². The molecule has 3 N–H and O–H groups in total. The molecule has 0 atom stereocenters. The summed E-state index contributed by atoms with van der Waals surface area (Å²) in [5.74, 6) is 2.06. The predicted molar refractivity (Wildman–Crippen MR) is 160 cm³/mol. The normalized spacial score (nSPS) is 12.6. The number of aliphatic imine (C=N–C) groups is 1. The number of nitrogens with two attached hydrogens (primary N) is 1. The molecule has 186 valence electrons. The molecule has 5 nitrogen and oxygen atoms in total. The van der Waals surface area contributed by atoms with E-state index in [2.05, 4.69) is 70.2 Å². The highest BCUT2D eigenvalue weighted by molar-refractivity contribution is 6.13. The van der Waals surface area contributed by atoms with Gasteiger partial charge in [-0.15, -0.1) is 0 Å². The van der Waals surface area contributed by atoms with Gasteiger partial charge in [0.1, 0.15) is 17.3 Å². The SMILES string of the molecule is N=C(N=C(N)c1cccc(-n2c3ccccc3c3ccc4c(c32)C=Cc2ccccc2O4)c1)c1ccccc1. The molecule has 2 heterocycles. The average Bonchev–Trinajstić information content (AvgIpc) is 3.19. The number of nitrogens with one attached hydrogen (secondary N) is 1. The Morgan fingerprint density at radius 3 is 2.36 bits per heavy atom. The van der Waals surface area contributed by atoms with Crippen LogP contribution in [0.25, 0.3) is 39.6 Å². The lowest BCUT2D eigenvalue weighted by Gasteiger charge is -2.14. The first kappa shape index (κ1) is 22.8. The smallest absolute Gasteiger partial charge is 0.154 e. The third-order valence-corrected chi connectivity index (χ3v) is 7.08. The molecule has 39 heavy (non-hydrogen) atoms. The highest BCUT2D eigenvalue weighted by atomic mass is 16.5. The van der Waals surface area contributed by atoms with Gasteiger partial charge in [-0.25, -0.2) is 4.99 Å². The van der Waals surface area contributed by atoms with Gasteiger partial charge in [0, 0.05) is 38.7 Å². The van der Waals surface area contributed by atoms with Gasteiger partial charge in [0.25, 0.3) is 0 Å². The summed E-state index contributed by atoms with van der Waals surface area (Å²) in [7, 11) is 0. The van der Waals surface area contributed by atoms with Crippen molar-refractivity contribution in [2.24, 2.45) is 10.7 Å². The van der Waals surface area contributed by atoms with Crippen LogP contribution in [0.2, 0.25) is 0 Å². The minimum atomic E-state index is 0.127. The second kappa shape index (κ2) is 9.15. The zero-order valence-electron chi connectivity index (χ0n) is 21.0. The molecule has 5 heteroatoms. The van der Waals surface area contributed by atoms with Gasteiger partial charge in [-0.1, -0.05) is 84.9 Å². The fourth-order valence-electron chi connectivity index (χ4n) is 5.24. The van der Waals surface area contributed by atoms with Crippen LogP contribution in [-0.2, 0) is 0 Å². The van der Waals surface area contributed by atoms with Crippen molar-refractivity contribution >= 4 is 45.6 Å². The molecule has 1 aliphatic rings. The molecule has 0 fully saturated rings. The van der Waals surface area contributed by atoms with Gasteiger partial charge < -0.3 is 15.0 Å². The highest BCUT2D eigenvalue weighted by Crippen LogP contribution is 2.42. The van der Waals surface area contributed by atoms with E-state index in [-0.39, 0.29) is 5.84 Å². The predicted octanol–water partition coefficient (Wildman–Crippen LogP) is 7.79. The number of hydrogen-bond acceptors (Lipinski definition) is 2. The molecule has 0 saturated carbocycles. The van der Waals surface area contributed by atoms with Crippen LogP contribution in [0.5, 0.6) is 11.5 Å². The van der Waals surface area contributed by atoms with Gasteiger partial charge in [0.15, 0.2) is 5.84 Å². The highest BCUT2D eigenvalue weighted by Gasteiger charge is 2.20. The number of ether oxygens (including phenoxy) is 1. The van der Waals surface area contributed by atoms with Crippen LogP contribution in [0.3, 0.4) is 0 Å². The number of benzene rings is 5. The fourth-order valence-corrected chi connectivity index (χ4v) is 5.24. The number of rotatable bonds is 3. The lowest BCUT2D eigenvalue weighted by Crippen LogP contribution is -2.16. The first-order valence-corrected chi connectivity index (χ1v) is 12.8. The minimum Gasteiger partial charge on any atom is -0.456 e. The number of para-hydroxylation sites is 2. The van der Waals surface area contributed by atoms with Crippen molar-refractivity contribution in [1.29, 1.82) is 5.41 Å². The molecule has 0 bridgehead atoms. The second-order valence-electron chi connectivity index (χ2n) is 9.46. The van der Waals surface area contributed by atoms with E-state index in [4.69, 9.17) is 15.9 Å². The Kier molecular flexibility index (Phi) is 5.34. The van der Waals surface area contributed by atoms with Crippen LogP contribution in [-0.4, -0.2) is 16.2 Å². The van der Waals surface area contributed by atoms with Gasteiger partial charge in [-0.05, 0) is 42.5 Å². The number of aromatic nitrogens is 1. The third kappa shape index (κ3) is 3.88.